The number of hydrogen-bond acceptors (Lipinski definition) is 2. The molecule has 1 aliphatic rings. The first-order valence-corrected chi connectivity index (χ1v) is 5.53. The molecule has 0 bridgehead atoms. The van der Waals surface area contributed by atoms with Gasteiger partial charge in [0.25, 0.3) is 0 Å². The van der Waals surface area contributed by atoms with Crippen molar-refractivity contribution in [3.63, 3.8) is 0 Å². The fourth-order valence-corrected chi connectivity index (χ4v) is 2.18. The van der Waals surface area contributed by atoms with E-state index in [0.717, 1.165) is 25.0 Å². The van der Waals surface area contributed by atoms with E-state index < -0.39 is 0 Å². The molecule has 13 heavy (non-hydrogen) atoms. The summed E-state index contributed by atoms with van der Waals surface area (Å²) in [6.07, 6.45) is 5.29. The maximum Gasteiger partial charge on any atom is 0.0615 e. The molecule has 0 saturated heterocycles. The highest BCUT2D eigenvalue weighted by Crippen LogP contribution is 2.25. The van der Waals surface area contributed by atoms with Crippen LogP contribution in [0.5, 0.6) is 0 Å². The molecule has 3 atom stereocenters. The third-order valence-corrected chi connectivity index (χ3v) is 3.17. The third-order valence-electron chi connectivity index (χ3n) is 3.17. The Labute approximate surface area is 82.0 Å². The first-order valence-electron chi connectivity index (χ1n) is 5.53. The van der Waals surface area contributed by atoms with Crippen LogP contribution in [-0.2, 0) is 4.74 Å². The van der Waals surface area contributed by atoms with Gasteiger partial charge in [-0.1, -0.05) is 20.3 Å². The normalized spacial score (nSPS) is 30.7. The molecule has 0 aromatic rings. The second-order valence-electron chi connectivity index (χ2n) is 4.24. The van der Waals surface area contributed by atoms with E-state index >= 15 is 0 Å². The molecule has 0 aliphatic heterocycles. The van der Waals surface area contributed by atoms with Crippen molar-refractivity contribution in [1.82, 2.24) is 5.32 Å². The molecular weight excluding hydrogens is 162 g/mol. The van der Waals surface area contributed by atoms with Gasteiger partial charge in [-0.25, -0.2) is 0 Å². The highest BCUT2D eigenvalue weighted by molar-refractivity contribution is 4.82. The largest absolute Gasteiger partial charge is 0.383 e. The molecule has 0 heterocycles. The Morgan fingerprint density at radius 3 is 2.69 bits per heavy atom. The SMILES string of the molecule is CC[C@@H](COC)N[C@H]1CCC[C@@H]1C. The van der Waals surface area contributed by atoms with Crippen LogP contribution in [0.25, 0.3) is 0 Å². The summed E-state index contributed by atoms with van der Waals surface area (Å²) < 4.78 is 5.18. The second kappa shape index (κ2) is 5.61. The van der Waals surface area contributed by atoms with Crippen molar-refractivity contribution >= 4 is 0 Å². The van der Waals surface area contributed by atoms with Gasteiger partial charge in [0, 0.05) is 19.2 Å². The van der Waals surface area contributed by atoms with Gasteiger partial charge in [-0.05, 0) is 25.2 Å². The molecule has 1 N–H and O–H groups in total. The average molecular weight is 185 g/mol. The maximum atomic E-state index is 5.18. The molecule has 78 valence electrons. The van der Waals surface area contributed by atoms with Crippen molar-refractivity contribution in [2.75, 3.05) is 13.7 Å². The van der Waals surface area contributed by atoms with Crippen molar-refractivity contribution < 1.29 is 4.74 Å². The minimum Gasteiger partial charge on any atom is -0.383 e. The zero-order valence-electron chi connectivity index (χ0n) is 9.18. The van der Waals surface area contributed by atoms with E-state index in [1.807, 2.05) is 0 Å². The molecule has 2 nitrogen and oxygen atoms in total. The van der Waals surface area contributed by atoms with Gasteiger partial charge in [-0.3, -0.25) is 0 Å². The predicted molar refractivity (Wildman–Crippen MR) is 55.9 cm³/mol. The number of rotatable bonds is 5. The van der Waals surface area contributed by atoms with E-state index in [1.54, 1.807) is 7.11 Å². The van der Waals surface area contributed by atoms with Crippen LogP contribution in [0.4, 0.5) is 0 Å². The fraction of sp³-hybridized carbons (Fsp3) is 1.00. The molecule has 0 aromatic carbocycles. The summed E-state index contributed by atoms with van der Waals surface area (Å²) >= 11 is 0. The lowest BCUT2D eigenvalue weighted by Gasteiger charge is -2.24. The Kier molecular flexibility index (Phi) is 4.74. The third kappa shape index (κ3) is 3.28. The van der Waals surface area contributed by atoms with Crippen molar-refractivity contribution in [2.24, 2.45) is 5.92 Å². The zero-order valence-corrected chi connectivity index (χ0v) is 9.18. The van der Waals surface area contributed by atoms with Gasteiger partial charge in [0.15, 0.2) is 0 Å². The Morgan fingerprint density at radius 2 is 2.23 bits per heavy atom. The average Bonchev–Trinajstić information content (AvgIpc) is 2.51. The van der Waals surface area contributed by atoms with Crippen molar-refractivity contribution in [1.29, 1.82) is 0 Å². The summed E-state index contributed by atoms with van der Waals surface area (Å²) in [5.74, 6) is 0.853. The predicted octanol–water partition coefficient (Wildman–Crippen LogP) is 2.19. The van der Waals surface area contributed by atoms with Gasteiger partial charge in [-0.2, -0.15) is 0 Å². The number of hydrogen-bond donors (Lipinski definition) is 1. The number of methoxy groups -OCH3 is 1. The van der Waals surface area contributed by atoms with Gasteiger partial charge in [-0.15, -0.1) is 0 Å². The molecule has 1 rings (SSSR count). The molecule has 0 unspecified atom stereocenters. The van der Waals surface area contributed by atoms with Gasteiger partial charge in [0.1, 0.15) is 0 Å². The molecule has 0 radical (unpaired) electrons. The number of nitrogens with one attached hydrogen (secondary N) is 1. The van der Waals surface area contributed by atoms with Gasteiger partial charge in [0.2, 0.25) is 0 Å². The molecule has 0 aromatic heterocycles. The van der Waals surface area contributed by atoms with Crippen molar-refractivity contribution in [3.05, 3.63) is 0 Å². The Balaban J connectivity index is 2.27. The highest BCUT2D eigenvalue weighted by Gasteiger charge is 2.24. The fourth-order valence-electron chi connectivity index (χ4n) is 2.18. The minimum atomic E-state index is 0.551. The zero-order chi connectivity index (χ0) is 9.68. The van der Waals surface area contributed by atoms with Crippen LogP contribution in [0.1, 0.15) is 39.5 Å². The maximum absolute atomic E-state index is 5.18. The van der Waals surface area contributed by atoms with Crippen LogP contribution in [0, 0.1) is 5.92 Å². The Bertz CT molecular complexity index is 138. The topological polar surface area (TPSA) is 21.3 Å². The smallest absolute Gasteiger partial charge is 0.0615 e. The molecule has 1 fully saturated rings. The lowest BCUT2D eigenvalue weighted by atomic mass is 10.0. The lowest BCUT2D eigenvalue weighted by Crippen LogP contribution is -2.41. The summed E-state index contributed by atoms with van der Waals surface area (Å²) in [6.45, 7) is 5.42. The number of ether oxygens (including phenoxy) is 1. The second-order valence-corrected chi connectivity index (χ2v) is 4.24. The van der Waals surface area contributed by atoms with Crippen molar-refractivity contribution in [2.45, 2.75) is 51.6 Å². The van der Waals surface area contributed by atoms with E-state index in [0.29, 0.717) is 6.04 Å². The van der Waals surface area contributed by atoms with E-state index in [1.165, 1.54) is 19.3 Å². The molecule has 0 spiro atoms. The summed E-state index contributed by atoms with van der Waals surface area (Å²) in [7, 11) is 1.78. The Hall–Kier alpha value is -0.0800. The summed E-state index contributed by atoms with van der Waals surface area (Å²) in [6, 6.07) is 1.29. The Morgan fingerprint density at radius 1 is 1.46 bits per heavy atom. The van der Waals surface area contributed by atoms with Crippen LogP contribution >= 0.6 is 0 Å². The van der Waals surface area contributed by atoms with Crippen molar-refractivity contribution in [3.8, 4) is 0 Å². The quantitative estimate of drug-likeness (QED) is 0.709. The molecule has 1 aliphatic carbocycles. The van der Waals surface area contributed by atoms with Gasteiger partial charge >= 0.3 is 0 Å². The highest BCUT2D eigenvalue weighted by atomic mass is 16.5. The molecular formula is C11H23NO. The molecule has 2 heteroatoms. The minimum absolute atomic E-state index is 0.551. The monoisotopic (exact) mass is 185 g/mol. The van der Waals surface area contributed by atoms with Crippen LogP contribution in [0.3, 0.4) is 0 Å². The van der Waals surface area contributed by atoms with Crippen LogP contribution in [0.15, 0.2) is 0 Å². The summed E-state index contributed by atoms with van der Waals surface area (Å²) in [5, 5.41) is 3.69. The van der Waals surface area contributed by atoms with Crippen LogP contribution in [-0.4, -0.2) is 25.8 Å². The molecule has 1 saturated carbocycles. The lowest BCUT2D eigenvalue weighted by molar-refractivity contribution is 0.155. The first-order chi connectivity index (χ1) is 6.27. The first kappa shape index (κ1) is 11.0. The van der Waals surface area contributed by atoms with E-state index in [2.05, 4.69) is 19.2 Å². The van der Waals surface area contributed by atoms with Gasteiger partial charge < -0.3 is 10.1 Å². The molecule has 0 amide bonds. The van der Waals surface area contributed by atoms with Crippen LogP contribution < -0.4 is 5.32 Å². The standard InChI is InChI=1S/C11H23NO/c1-4-10(8-13-3)12-11-7-5-6-9(11)2/h9-12H,4-8H2,1-3H3/t9-,10-,11-/m0/s1. The van der Waals surface area contributed by atoms with E-state index in [-0.39, 0.29) is 0 Å². The summed E-state index contributed by atoms with van der Waals surface area (Å²) in [5.41, 5.74) is 0. The van der Waals surface area contributed by atoms with Gasteiger partial charge in [0.05, 0.1) is 6.61 Å². The van der Waals surface area contributed by atoms with E-state index in [9.17, 15) is 0 Å². The van der Waals surface area contributed by atoms with Crippen LogP contribution in [0.2, 0.25) is 0 Å². The summed E-state index contributed by atoms with van der Waals surface area (Å²) in [4.78, 5) is 0. The van der Waals surface area contributed by atoms with E-state index in [4.69, 9.17) is 4.74 Å².